The molecule has 5 rings (SSSR count). The number of aryl methyl sites for hydroxylation is 1. The maximum Gasteiger partial charge on any atom is 0.247 e. The molecule has 0 bridgehead atoms. The van der Waals surface area contributed by atoms with E-state index in [1.54, 1.807) is 0 Å². The lowest BCUT2D eigenvalue weighted by Gasteiger charge is -2.43. The first-order valence-corrected chi connectivity index (χ1v) is 12.1. The molecule has 1 aliphatic heterocycles. The largest absolute Gasteiger partial charge is 0.353 e. The molecule has 3 aromatic rings. The van der Waals surface area contributed by atoms with Crippen molar-refractivity contribution in [3.63, 3.8) is 0 Å². The lowest BCUT2D eigenvalue weighted by molar-refractivity contribution is -0.162. The van der Waals surface area contributed by atoms with Crippen molar-refractivity contribution in [1.29, 1.82) is 0 Å². The predicted octanol–water partition coefficient (Wildman–Crippen LogP) is 4.64. The van der Waals surface area contributed by atoms with Gasteiger partial charge in [0.15, 0.2) is 0 Å². The highest BCUT2D eigenvalue weighted by Gasteiger charge is 2.53. The van der Waals surface area contributed by atoms with Gasteiger partial charge in [-0.25, -0.2) is 4.98 Å². The number of pyridine rings is 1. The molecule has 1 spiro atoms. The van der Waals surface area contributed by atoms with Gasteiger partial charge < -0.3 is 9.72 Å². The quantitative estimate of drug-likeness (QED) is 0.602. The van der Waals surface area contributed by atoms with Crippen LogP contribution in [0.25, 0.3) is 11.3 Å². The van der Waals surface area contributed by atoms with E-state index in [4.69, 9.17) is 9.72 Å². The van der Waals surface area contributed by atoms with Gasteiger partial charge in [0.05, 0.1) is 18.5 Å². The maximum atomic E-state index is 14.3. The van der Waals surface area contributed by atoms with Crippen LogP contribution in [0.3, 0.4) is 0 Å². The molecule has 2 fully saturated rings. The van der Waals surface area contributed by atoms with Crippen LogP contribution in [0.15, 0.2) is 54.9 Å². The number of hydrogen-bond donors (Lipinski definition) is 1. The van der Waals surface area contributed by atoms with Gasteiger partial charge in [0, 0.05) is 17.5 Å². The molecule has 0 unspecified atom stereocenters. The van der Waals surface area contributed by atoms with Crippen molar-refractivity contribution >= 4 is 5.91 Å². The molecule has 1 aromatic carbocycles. The zero-order valence-electron chi connectivity index (χ0n) is 20.2. The highest BCUT2D eigenvalue weighted by Crippen LogP contribution is 2.46. The summed E-state index contributed by atoms with van der Waals surface area (Å²) in [6, 6.07) is 13.4. The fraction of sp³-hybridized carbons (Fsp3) is 0.444. The second kappa shape index (κ2) is 9.31. The van der Waals surface area contributed by atoms with Gasteiger partial charge >= 0.3 is 0 Å². The number of likely N-dealkylation sites (N-methyl/N-ethyl adjacent to an activating group) is 1. The van der Waals surface area contributed by atoms with E-state index in [2.05, 4.69) is 9.97 Å². The van der Waals surface area contributed by atoms with Gasteiger partial charge in [-0.15, -0.1) is 0 Å². The monoisotopic (exact) mass is 459 g/mol. The Morgan fingerprint density at radius 1 is 1.09 bits per heavy atom. The Labute approximate surface area is 201 Å². The molecule has 34 heavy (non-hydrogen) atoms. The number of nitrogens with one attached hydrogen (secondary N) is 1. The summed E-state index contributed by atoms with van der Waals surface area (Å²) in [5.74, 6) is 0.826. The minimum Gasteiger partial charge on any atom is -0.353 e. The molecule has 0 radical (unpaired) electrons. The number of aromatic nitrogens is 3. The van der Waals surface area contributed by atoms with Crippen LogP contribution in [0.2, 0.25) is 0 Å². The van der Waals surface area contributed by atoms with Crippen LogP contribution in [0.4, 0.5) is 0 Å². The summed E-state index contributed by atoms with van der Waals surface area (Å²) in [6.45, 7) is 2.42. The number of nitrogens with zero attached hydrogens (tertiary/aromatic N) is 4. The second-order valence-corrected chi connectivity index (χ2v) is 9.69. The van der Waals surface area contributed by atoms with Gasteiger partial charge in [-0.1, -0.05) is 36.8 Å². The van der Waals surface area contributed by atoms with Gasteiger partial charge in [0.2, 0.25) is 5.91 Å². The van der Waals surface area contributed by atoms with Gasteiger partial charge in [0.1, 0.15) is 23.6 Å². The van der Waals surface area contributed by atoms with E-state index < -0.39 is 5.72 Å². The Hall–Kier alpha value is -3.03. The topological polar surface area (TPSA) is 74.3 Å². The second-order valence-electron chi connectivity index (χ2n) is 9.69. The lowest BCUT2D eigenvalue weighted by atomic mass is 9.89. The normalized spacial score (nSPS) is 20.7. The number of carbonyl (C=O) groups is 1. The predicted molar refractivity (Wildman–Crippen MR) is 131 cm³/mol. The smallest absolute Gasteiger partial charge is 0.247 e. The van der Waals surface area contributed by atoms with Crippen molar-refractivity contribution in [2.24, 2.45) is 0 Å². The third-order valence-electron chi connectivity index (χ3n) is 7.13. The summed E-state index contributed by atoms with van der Waals surface area (Å²) in [6.07, 6.45) is 8.70. The molecule has 1 amide bonds. The fourth-order valence-corrected chi connectivity index (χ4v) is 5.42. The lowest BCUT2D eigenvalue weighted by Crippen LogP contribution is -2.53. The van der Waals surface area contributed by atoms with Gasteiger partial charge in [-0.3, -0.25) is 19.6 Å². The van der Waals surface area contributed by atoms with Crippen molar-refractivity contribution in [2.75, 3.05) is 20.7 Å². The number of rotatable bonds is 5. The molecular formula is C27H33N5O2. The molecule has 1 aliphatic carbocycles. The Morgan fingerprint density at radius 3 is 2.53 bits per heavy atom. The Bertz CT molecular complexity index is 1120. The molecule has 7 nitrogen and oxygen atoms in total. The first-order chi connectivity index (χ1) is 16.5. The molecule has 1 saturated carbocycles. The Balaban J connectivity index is 1.52. The van der Waals surface area contributed by atoms with Crippen molar-refractivity contribution in [1.82, 2.24) is 24.8 Å². The van der Waals surface area contributed by atoms with Gasteiger partial charge in [0.25, 0.3) is 0 Å². The number of aromatic amines is 1. The van der Waals surface area contributed by atoms with Crippen molar-refractivity contribution in [3.8, 4) is 11.3 Å². The van der Waals surface area contributed by atoms with Crippen LogP contribution in [0.5, 0.6) is 0 Å². The first-order valence-electron chi connectivity index (χ1n) is 12.1. The average Bonchev–Trinajstić information content (AvgIpc) is 3.46. The zero-order valence-corrected chi connectivity index (χ0v) is 20.2. The standard InChI is InChI=1S/C27H33N5O2/c1-19-12-13-21(16-28-19)22-17-29-25(30-22)23-18-34-27(14-8-5-9-15-27)32(23)26(33)24(31(2)3)20-10-6-4-7-11-20/h4,6-7,10-13,16-17,23-24H,5,8-9,14-15,18H2,1-3H3,(H,29,30)/t23-,24+/m0/s1. The average molecular weight is 460 g/mol. The van der Waals surface area contributed by atoms with E-state index in [0.29, 0.717) is 6.61 Å². The molecule has 3 heterocycles. The Kier molecular flexibility index (Phi) is 6.23. The number of carbonyl (C=O) groups excluding carboxylic acids is 1. The molecule has 7 heteroatoms. The van der Waals surface area contributed by atoms with E-state index >= 15 is 0 Å². The van der Waals surface area contributed by atoms with Gasteiger partial charge in [-0.05, 0) is 64.4 Å². The SMILES string of the molecule is Cc1ccc(-c2cnc([C@@H]3COC4(CCCCC4)N3C(=O)[C@@H](c3ccccc3)N(C)C)[nH]2)cn1. The number of imidazole rings is 1. The van der Waals surface area contributed by atoms with E-state index in [0.717, 1.165) is 54.0 Å². The van der Waals surface area contributed by atoms with E-state index in [1.165, 1.54) is 6.42 Å². The maximum absolute atomic E-state index is 14.3. The Morgan fingerprint density at radius 2 is 1.85 bits per heavy atom. The van der Waals surface area contributed by atoms with Crippen molar-refractivity contribution in [3.05, 3.63) is 71.9 Å². The zero-order chi connectivity index (χ0) is 23.7. The van der Waals surface area contributed by atoms with Crippen molar-refractivity contribution < 1.29 is 9.53 Å². The minimum atomic E-state index is -0.568. The highest BCUT2D eigenvalue weighted by molar-refractivity contribution is 5.84. The van der Waals surface area contributed by atoms with Crippen LogP contribution in [0.1, 0.15) is 61.3 Å². The number of hydrogen-bond acceptors (Lipinski definition) is 5. The molecule has 2 aromatic heterocycles. The molecule has 1 N–H and O–H groups in total. The first kappa shape index (κ1) is 22.7. The van der Waals surface area contributed by atoms with E-state index in [1.807, 2.05) is 85.7 Å². The third kappa shape index (κ3) is 4.14. The summed E-state index contributed by atoms with van der Waals surface area (Å²) < 4.78 is 6.49. The number of benzene rings is 1. The van der Waals surface area contributed by atoms with Crippen molar-refractivity contribution in [2.45, 2.75) is 56.8 Å². The third-order valence-corrected chi connectivity index (χ3v) is 7.13. The summed E-state index contributed by atoms with van der Waals surface area (Å²) in [5.41, 5.74) is 3.26. The fourth-order valence-electron chi connectivity index (χ4n) is 5.42. The van der Waals surface area contributed by atoms with Crippen LogP contribution >= 0.6 is 0 Å². The molecule has 2 aliphatic rings. The summed E-state index contributed by atoms with van der Waals surface area (Å²) in [7, 11) is 3.93. The number of ether oxygens (including phenoxy) is 1. The summed E-state index contributed by atoms with van der Waals surface area (Å²) in [5, 5.41) is 0. The molecule has 2 atom stereocenters. The highest BCUT2D eigenvalue weighted by atomic mass is 16.5. The summed E-state index contributed by atoms with van der Waals surface area (Å²) in [4.78, 5) is 30.9. The van der Waals surface area contributed by atoms with E-state index in [-0.39, 0.29) is 18.0 Å². The van der Waals surface area contributed by atoms with Crippen LogP contribution in [-0.4, -0.2) is 57.1 Å². The van der Waals surface area contributed by atoms with Crippen LogP contribution in [-0.2, 0) is 9.53 Å². The number of H-pyrrole nitrogens is 1. The van der Waals surface area contributed by atoms with E-state index in [9.17, 15) is 4.79 Å². The number of amides is 1. The molecule has 1 saturated heterocycles. The van der Waals surface area contributed by atoms with Crippen LogP contribution < -0.4 is 0 Å². The minimum absolute atomic E-state index is 0.0653. The van der Waals surface area contributed by atoms with Crippen LogP contribution in [0, 0.1) is 6.92 Å². The van der Waals surface area contributed by atoms with Gasteiger partial charge in [-0.2, -0.15) is 0 Å². The summed E-state index contributed by atoms with van der Waals surface area (Å²) >= 11 is 0. The molecular weight excluding hydrogens is 426 g/mol. The molecule has 178 valence electrons.